The molecule has 0 radical (unpaired) electrons. The van der Waals surface area contributed by atoms with Crippen LogP contribution in [-0.2, 0) is 14.3 Å². The molecule has 1 aliphatic heterocycles. The largest absolute Gasteiger partial charge is 0.383 e. The lowest BCUT2D eigenvalue weighted by Gasteiger charge is -2.60. The van der Waals surface area contributed by atoms with Crippen molar-refractivity contribution in [3.05, 3.63) is 0 Å². The summed E-state index contributed by atoms with van der Waals surface area (Å²) in [6.07, 6.45) is 1.00. The second kappa shape index (κ2) is 4.23. The van der Waals surface area contributed by atoms with Gasteiger partial charge in [-0.15, -0.1) is 0 Å². The van der Waals surface area contributed by atoms with Gasteiger partial charge in [0, 0.05) is 31.6 Å². The lowest BCUT2D eigenvalue weighted by atomic mass is 9.48. The molecular formula is C12H22N2O3. The average Bonchev–Trinajstić information content (AvgIpc) is 2.75. The molecule has 3 atom stereocenters. The SMILES string of the molecule is COCCNC(=O)C1(N)C2CCOC2C1(C)C. The molecule has 3 N–H and O–H groups in total. The van der Waals surface area contributed by atoms with E-state index < -0.39 is 5.54 Å². The maximum Gasteiger partial charge on any atom is 0.241 e. The minimum Gasteiger partial charge on any atom is -0.383 e. The fourth-order valence-electron chi connectivity index (χ4n) is 3.26. The average molecular weight is 242 g/mol. The van der Waals surface area contributed by atoms with Crippen LogP contribution in [-0.4, -0.2) is 44.4 Å². The zero-order valence-electron chi connectivity index (χ0n) is 10.8. The smallest absolute Gasteiger partial charge is 0.241 e. The fourth-order valence-corrected chi connectivity index (χ4v) is 3.26. The number of carbonyl (C=O) groups is 1. The number of carbonyl (C=O) groups excluding carboxylic acids is 1. The molecule has 0 aromatic rings. The van der Waals surface area contributed by atoms with Crippen molar-refractivity contribution in [2.24, 2.45) is 17.1 Å². The van der Waals surface area contributed by atoms with Crippen molar-refractivity contribution >= 4 is 5.91 Å². The van der Waals surface area contributed by atoms with E-state index in [1.54, 1.807) is 7.11 Å². The monoisotopic (exact) mass is 242 g/mol. The Morgan fingerprint density at radius 3 is 2.94 bits per heavy atom. The van der Waals surface area contributed by atoms with E-state index >= 15 is 0 Å². The summed E-state index contributed by atoms with van der Waals surface area (Å²) in [4.78, 5) is 12.2. The summed E-state index contributed by atoms with van der Waals surface area (Å²) in [5.41, 5.74) is 5.25. The first-order valence-electron chi connectivity index (χ1n) is 6.14. The highest BCUT2D eigenvalue weighted by Crippen LogP contribution is 2.58. The fraction of sp³-hybridized carbons (Fsp3) is 0.917. The zero-order chi connectivity index (χ0) is 12.7. The van der Waals surface area contributed by atoms with Gasteiger partial charge in [-0.1, -0.05) is 13.8 Å². The molecule has 1 amide bonds. The van der Waals surface area contributed by atoms with Crippen LogP contribution in [0.15, 0.2) is 0 Å². The van der Waals surface area contributed by atoms with E-state index in [-0.39, 0.29) is 23.3 Å². The molecule has 2 rings (SSSR count). The van der Waals surface area contributed by atoms with E-state index in [4.69, 9.17) is 15.2 Å². The Labute approximate surface area is 102 Å². The Morgan fingerprint density at radius 1 is 1.59 bits per heavy atom. The van der Waals surface area contributed by atoms with E-state index in [0.29, 0.717) is 19.8 Å². The Morgan fingerprint density at radius 2 is 2.29 bits per heavy atom. The van der Waals surface area contributed by atoms with Crippen molar-refractivity contribution in [2.75, 3.05) is 26.9 Å². The number of ether oxygens (including phenoxy) is 2. The van der Waals surface area contributed by atoms with E-state index in [2.05, 4.69) is 5.32 Å². The van der Waals surface area contributed by atoms with Crippen molar-refractivity contribution in [1.29, 1.82) is 0 Å². The topological polar surface area (TPSA) is 73.6 Å². The van der Waals surface area contributed by atoms with Crippen LogP contribution in [0.5, 0.6) is 0 Å². The minimum atomic E-state index is -0.804. The van der Waals surface area contributed by atoms with Crippen LogP contribution >= 0.6 is 0 Å². The molecule has 0 aromatic heterocycles. The highest BCUT2D eigenvalue weighted by molar-refractivity contribution is 5.89. The van der Waals surface area contributed by atoms with Crippen LogP contribution in [0.3, 0.4) is 0 Å². The predicted molar refractivity (Wildman–Crippen MR) is 63.4 cm³/mol. The summed E-state index contributed by atoms with van der Waals surface area (Å²) in [5, 5.41) is 2.85. The van der Waals surface area contributed by atoms with Gasteiger partial charge in [0.15, 0.2) is 0 Å². The molecule has 5 heteroatoms. The summed E-state index contributed by atoms with van der Waals surface area (Å²) in [6.45, 7) is 5.74. The van der Waals surface area contributed by atoms with E-state index in [1.807, 2.05) is 13.8 Å². The van der Waals surface area contributed by atoms with E-state index in [1.165, 1.54) is 0 Å². The quantitative estimate of drug-likeness (QED) is 0.675. The number of hydrogen-bond donors (Lipinski definition) is 2. The van der Waals surface area contributed by atoms with Gasteiger partial charge >= 0.3 is 0 Å². The number of amides is 1. The normalized spacial score (nSPS) is 38.4. The second-order valence-corrected chi connectivity index (χ2v) is 5.53. The molecule has 2 fully saturated rings. The highest BCUT2D eigenvalue weighted by atomic mass is 16.5. The number of methoxy groups -OCH3 is 1. The molecule has 1 saturated carbocycles. The van der Waals surface area contributed by atoms with Crippen LogP contribution < -0.4 is 11.1 Å². The molecule has 0 spiro atoms. The van der Waals surface area contributed by atoms with Gasteiger partial charge in [0.05, 0.1) is 12.7 Å². The number of fused-ring (bicyclic) bond motifs is 1. The van der Waals surface area contributed by atoms with Gasteiger partial charge in [0.2, 0.25) is 5.91 Å². The molecule has 98 valence electrons. The third kappa shape index (κ3) is 1.60. The first kappa shape index (κ1) is 12.8. The third-order valence-electron chi connectivity index (χ3n) is 4.42. The lowest BCUT2D eigenvalue weighted by Crippen LogP contribution is -2.80. The summed E-state index contributed by atoms with van der Waals surface area (Å²) < 4.78 is 10.6. The number of hydrogen-bond acceptors (Lipinski definition) is 4. The van der Waals surface area contributed by atoms with Crippen molar-refractivity contribution < 1.29 is 14.3 Å². The third-order valence-corrected chi connectivity index (χ3v) is 4.42. The van der Waals surface area contributed by atoms with Gasteiger partial charge in [-0.2, -0.15) is 0 Å². The van der Waals surface area contributed by atoms with Gasteiger partial charge in [0.1, 0.15) is 5.54 Å². The van der Waals surface area contributed by atoms with Gasteiger partial charge in [-0.25, -0.2) is 0 Å². The Bertz CT molecular complexity index is 319. The van der Waals surface area contributed by atoms with Gasteiger partial charge in [0.25, 0.3) is 0 Å². The summed E-state index contributed by atoms with van der Waals surface area (Å²) in [7, 11) is 1.61. The van der Waals surface area contributed by atoms with Crippen molar-refractivity contribution in [2.45, 2.75) is 31.9 Å². The summed E-state index contributed by atoms with van der Waals surface area (Å²) >= 11 is 0. The summed E-state index contributed by atoms with van der Waals surface area (Å²) in [6, 6.07) is 0. The number of rotatable bonds is 4. The molecule has 3 unspecified atom stereocenters. The van der Waals surface area contributed by atoms with Gasteiger partial charge in [-0.3, -0.25) is 4.79 Å². The zero-order valence-corrected chi connectivity index (χ0v) is 10.8. The van der Waals surface area contributed by atoms with Gasteiger partial charge < -0.3 is 20.5 Å². The lowest BCUT2D eigenvalue weighted by molar-refractivity contribution is -0.175. The van der Waals surface area contributed by atoms with Crippen LogP contribution in [0.1, 0.15) is 20.3 Å². The maximum absolute atomic E-state index is 12.2. The maximum atomic E-state index is 12.2. The van der Waals surface area contributed by atoms with Crippen molar-refractivity contribution in [3.63, 3.8) is 0 Å². The molecule has 17 heavy (non-hydrogen) atoms. The Kier molecular flexibility index (Phi) is 3.18. The van der Waals surface area contributed by atoms with Crippen molar-refractivity contribution in [3.8, 4) is 0 Å². The van der Waals surface area contributed by atoms with Crippen molar-refractivity contribution in [1.82, 2.24) is 5.32 Å². The number of nitrogens with two attached hydrogens (primary N) is 1. The van der Waals surface area contributed by atoms with Crippen LogP contribution in [0.4, 0.5) is 0 Å². The Hall–Kier alpha value is -0.650. The molecule has 0 aromatic carbocycles. The molecule has 5 nitrogen and oxygen atoms in total. The highest BCUT2D eigenvalue weighted by Gasteiger charge is 2.71. The number of nitrogens with one attached hydrogen (secondary N) is 1. The minimum absolute atomic E-state index is 0.0775. The standard InChI is InChI=1S/C12H22N2O3/c1-11(2)9-8(4-6-17-9)12(11,13)10(15)14-5-7-16-3/h8-9H,4-7,13H2,1-3H3,(H,14,15). The predicted octanol–water partition coefficient (Wildman–Crippen LogP) is -0.109. The molecule has 1 aliphatic carbocycles. The molecule has 2 aliphatic rings. The van der Waals surface area contributed by atoms with Gasteiger partial charge in [-0.05, 0) is 6.42 Å². The molecular weight excluding hydrogens is 220 g/mol. The molecule has 1 saturated heterocycles. The van der Waals surface area contributed by atoms with Crippen LogP contribution in [0, 0.1) is 11.3 Å². The Balaban J connectivity index is 2.05. The molecule has 0 bridgehead atoms. The van der Waals surface area contributed by atoms with E-state index in [9.17, 15) is 4.79 Å². The first-order valence-corrected chi connectivity index (χ1v) is 6.14. The van der Waals surface area contributed by atoms with E-state index in [0.717, 1.165) is 6.42 Å². The summed E-state index contributed by atoms with van der Waals surface area (Å²) in [5.74, 6) is 0.0753. The first-order chi connectivity index (χ1) is 7.96. The van der Waals surface area contributed by atoms with Crippen LogP contribution in [0.25, 0.3) is 0 Å². The van der Waals surface area contributed by atoms with Crippen LogP contribution in [0.2, 0.25) is 0 Å². The molecule has 1 heterocycles. The second-order valence-electron chi connectivity index (χ2n) is 5.53.